The molecule has 2 aromatic rings. The zero-order valence-electron chi connectivity index (χ0n) is 17.7. The van der Waals surface area contributed by atoms with Crippen LogP contribution in [-0.2, 0) is 9.59 Å². The molecule has 0 saturated heterocycles. The Morgan fingerprint density at radius 1 is 0.964 bits per heavy atom. The molecule has 0 fully saturated rings. The molecule has 2 aromatic carbocycles. The standard InChI is InChI=1S/C23H31N3O2/c1-7-26(8-2)19-14-15-20(17(3)16-19)24-21(27)23(4,5)22(28)25(6)18-12-10-9-11-13-18/h9-16H,7-8H2,1-6H3,(H,24,27). The number of para-hydroxylation sites is 1. The maximum Gasteiger partial charge on any atom is 0.241 e. The van der Waals surface area contributed by atoms with Crippen LogP contribution < -0.4 is 15.1 Å². The minimum Gasteiger partial charge on any atom is -0.372 e. The molecule has 0 bridgehead atoms. The highest BCUT2D eigenvalue weighted by molar-refractivity contribution is 6.14. The van der Waals surface area contributed by atoms with Gasteiger partial charge in [-0.15, -0.1) is 0 Å². The third kappa shape index (κ3) is 4.53. The van der Waals surface area contributed by atoms with Crippen molar-refractivity contribution in [1.29, 1.82) is 0 Å². The molecule has 0 heterocycles. The van der Waals surface area contributed by atoms with Crippen molar-refractivity contribution < 1.29 is 9.59 Å². The van der Waals surface area contributed by atoms with E-state index in [1.165, 1.54) is 4.90 Å². The summed E-state index contributed by atoms with van der Waals surface area (Å²) in [6.07, 6.45) is 0. The Bertz CT molecular complexity index is 827. The lowest BCUT2D eigenvalue weighted by atomic mass is 9.90. The van der Waals surface area contributed by atoms with Crippen LogP contribution in [0, 0.1) is 12.3 Å². The lowest BCUT2D eigenvalue weighted by Crippen LogP contribution is -2.46. The topological polar surface area (TPSA) is 52.7 Å². The number of aryl methyl sites for hydroxylation is 1. The third-order valence-corrected chi connectivity index (χ3v) is 5.14. The summed E-state index contributed by atoms with van der Waals surface area (Å²) in [5.74, 6) is -0.576. The normalized spacial score (nSPS) is 11.1. The molecule has 0 aliphatic heterocycles. The molecule has 1 N–H and O–H groups in total. The molecule has 0 atom stereocenters. The number of nitrogens with one attached hydrogen (secondary N) is 1. The van der Waals surface area contributed by atoms with Crippen LogP contribution in [0.15, 0.2) is 48.5 Å². The van der Waals surface area contributed by atoms with Gasteiger partial charge in [-0.1, -0.05) is 18.2 Å². The summed E-state index contributed by atoms with van der Waals surface area (Å²) in [6, 6.07) is 15.3. The molecule has 0 aromatic heterocycles. The van der Waals surface area contributed by atoms with Gasteiger partial charge in [0.2, 0.25) is 11.8 Å². The van der Waals surface area contributed by atoms with E-state index in [9.17, 15) is 9.59 Å². The van der Waals surface area contributed by atoms with Crippen LogP contribution in [0.4, 0.5) is 17.1 Å². The highest BCUT2D eigenvalue weighted by Crippen LogP contribution is 2.27. The maximum absolute atomic E-state index is 13.0. The van der Waals surface area contributed by atoms with Crippen LogP contribution in [0.2, 0.25) is 0 Å². The lowest BCUT2D eigenvalue weighted by Gasteiger charge is -2.29. The second-order valence-electron chi connectivity index (χ2n) is 7.45. The Morgan fingerprint density at radius 3 is 2.11 bits per heavy atom. The summed E-state index contributed by atoms with van der Waals surface area (Å²) >= 11 is 0. The summed E-state index contributed by atoms with van der Waals surface area (Å²) in [6.45, 7) is 11.4. The van der Waals surface area contributed by atoms with Gasteiger partial charge < -0.3 is 15.1 Å². The van der Waals surface area contributed by atoms with Gasteiger partial charge in [-0.2, -0.15) is 0 Å². The van der Waals surface area contributed by atoms with Crippen LogP contribution in [-0.4, -0.2) is 32.0 Å². The second kappa shape index (κ2) is 8.91. The lowest BCUT2D eigenvalue weighted by molar-refractivity contribution is -0.136. The molecule has 2 rings (SSSR count). The molecule has 0 radical (unpaired) electrons. The molecule has 2 amide bonds. The largest absolute Gasteiger partial charge is 0.372 e. The van der Waals surface area contributed by atoms with Gasteiger partial charge >= 0.3 is 0 Å². The highest BCUT2D eigenvalue weighted by Gasteiger charge is 2.38. The number of carbonyl (C=O) groups is 2. The van der Waals surface area contributed by atoms with E-state index in [0.29, 0.717) is 0 Å². The average Bonchev–Trinajstić information content (AvgIpc) is 2.70. The van der Waals surface area contributed by atoms with E-state index < -0.39 is 5.41 Å². The Balaban J connectivity index is 2.17. The molecular weight excluding hydrogens is 350 g/mol. The number of nitrogens with zero attached hydrogens (tertiary/aromatic N) is 2. The predicted octanol–water partition coefficient (Wildman–Crippen LogP) is 4.47. The van der Waals surface area contributed by atoms with E-state index in [4.69, 9.17) is 0 Å². The van der Waals surface area contributed by atoms with Crippen molar-refractivity contribution >= 4 is 28.9 Å². The minimum atomic E-state index is -1.20. The highest BCUT2D eigenvalue weighted by atomic mass is 16.2. The van der Waals surface area contributed by atoms with Crippen molar-refractivity contribution in [3.05, 3.63) is 54.1 Å². The Labute approximate surface area is 168 Å². The fourth-order valence-corrected chi connectivity index (χ4v) is 3.14. The monoisotopic (exact) mass is 381 g/mol. The number of rotatable bonds is 7. The SMILES string of the molecule is CCN(CC)c1ccc(NC(=O)C(C)(C)C(=O)N(C)c2ccccc2)c(C)c1. The maximum atomic E-state index is 13.0. The Morgan fingerprint density at radius 2 is 1.57 bits per heavy atom. The van der Waals surface area contributed by atoms with Crippen LogP contribution in [0.5, 0.6) is 0 Å². The number of benzene rings is 2. The van der Waals surface area contributed by atoms with Crippen molar-refractivity contribution in [1.82, 2.24) is 0 Å². The van der Waals surface area contributed by atoms with Gasteiger partial charge in [0.15, 0.2) is 0 Å². The number of hydrogen-bond donors (Lipinski definition) is 1. The first-order valence-corrected chi connectivity index (χ1v) is 9.72. The Hall–Kier alpha value is -2.82. The van der Waals surface area contributed by atoms with Crippen LogP contribution in [0.1, 0.15) is 33.3 Å². The molecule has 0 aliphatic rings. The summed E-state index contributed by atoms with van der Waals surface area (Å²) in [5, 5.41) is 2.93. The molecule has 0 aliphatic carbocycles. The van der Waals surface area contributed by atoms with E-state index in [1.54, 1.807) is 20.9 Å². The number of hydrogen-bond acceptors (Lipinski definition) is 3. The van der Waals surface area contributed by atoms with E-state index in [0.717, 1.165) is 35.7 Å². The molecule has 0 unspecified atom stereocenters. The van der Waals surface area contributed by atoms with Gasteiger partial charge in [-0.3, -0.25) is 9.59 Å². The fourth-order valence-electron chi connectivity index (χ4n) is 3.14. The van der Waals surface area contributed by atoms with Crippen molar-refractivity contribution in [2.75, 3.05) is 35.3 Å². The van der Waals surface area contributed by atoms with E-state index in [-0.39, 0.29) is 11.8 Å². The first kappa shape index (κ1) is 21.5. The van der Waals surface area contributed by atoms with Gasteiger partial charge in [0.05, 0.1) is 0 Å². The molecule has 150 valence electrons. The molecule has 5 heteroatoms. The van der Waals surface area contributed by atoms with Crippen LogP contribution >= 0.6 is 0 Å². The summed E-state index contributed by atoms with van der Waals surface area (Å²) in [5.41, 5.74) is 2.38. The second-order valence-corrected chi connectivity index (χ2v) is 7.45. The summed E-state index contributed by atoms with van der Waals surface area (Å²) in [4.78, 5) is 29.7. The summed E-state index contributed by atoms with van der Waals surface area (Å²) < 4.78 is 0. The van der Waals surface area contributed by atoms with Crippen molar-refractivity contribution in [2.24, 2.45) is 5.41 Å². The third-order valence-electron chi connectivity index (χ3n) is 5.14. The molecule has 28 heavy (non-hydrogen) atoms. The number of amides is 2. The van der Waals surface area contributed by atoms with Gasteiger partial charge in [0.25, 0.3) is 0 Å². The molecule has 5 nitrogen and oxygen atoms in total. The molecular formula is C23H31N3O2. The van der Waals surface area contributed by atoms with Crippen molar-refractivity contribution in [3.63, 3.8) is 0 Å². The van der Waals surface area contributed by atoms with Gasteiger partial charge in [0.1, 0.15) is 5.41 Å². The quantitative estimate of drug-likeness (QED) is 0.720. The predicted molar refractivity (Wildman–Crippen MR) is 117 cm³/mol. The van der Waals surface area contributed by atoms with E-state index in [2.05, 4.69) is 30.1 Å². The van der Waals surface area contributed by atoms with Gasteiger partial charge in [0, 0.05) is 37.2 Å². The number of anilines is 3. The number of carbonyl (C=O) groups excluding carboxylic acids is 2. The van der Waals surface area contributed by atoms with Gasteiger partial charge in [-0.05, 0) is 70.5 Å². The van der Waals surface area contributed by atoms with Crippen LogP contribution in [0.25, 0.3) is 0 Å². The van der Waals surface area contributed by atoms with Crippen LogP contribution in [0.3, 0.4) is 0 Å². The zero-order chi connectivity index (χ0) is 20.9. The average molecular weight is 382 g/mol. The Kier molecular flexibility index (Phi) is 6.84. The van der Waals surface area contributed by atoms with Crippen molar-refractivity contribution in [3.8, 4) is 0 Å². The van der Waals surface area contributed by atoms with E-state index >= 15 is 0 Å². The molecule has 0 spiro atoms. The smallest absolute Gasteiger partial charge is 0.241 e. The fraction of sp³-hybridized carbons (Fsp3) is 0.391. The zero-order valence-corrected chi connectivity index (χ0v) is 17.7. The van der Waals surface area contributed by atoms with E-state index in [1.807, 2.05) is 49.4 Å². The van der Waals surface area contributed by atoms with Gasteiger partial charge in [-0.25, -0.2) is 0 Å². The first-order chi connectivity index (χ1) is 13.2. The minimum absolute atomic E-state index is 0.256. The molecule has 0 saturated carbocycles. The summed E-state index contributed by atoms with van der Waals surface area (Å²) in [7, 11) is 1.69. The first-order valence-electron chi connectivity index (χ1n) is 9.72. The van der Waals surface area contributed by atoms with Crippen molar-refractivity contribution in [2.45, 2.75) is 34.6 Å².